The molecule has 0 bridgehead atoms. The third kappa shape index (κ3) is 2.36. The average molecular weight is 282 g/mol. The number of hydrogen-bond acceptors (Lipinski definition) is 4. The van der Waals surface area contributed by atoms with Gasteiger partial charge in [-0.1, -0.05) is 54.1 Å². The van der Waals surface area contributed by atoms with Gasteiger partial charge in [-0.05, 0) is 18.1 Å². The molecule has 1 atom stereocenters. The standard InChI is InChI=1S/C17H14O4/c1-10-2-4-11(5-3-10)12-6-8-13(9-7-12)16-14(18)15(19)17(20)21-16/h2-9,16,18-19H,1H3. The van der Waals surface area contributed by atoms with Gasteiger partial charge in [0.25, 0.3) is 0 Å². The lowest BCUT2D eigenvalue weighted by Gasteiger charge is -2.11. The SMILES string of the molecule is Cc1ccc(-c2ccc(C3OC(=O)C(O)=C3O)cc2)cc1. The molecule has 0 amide bonds. The van der Waals surface area contributed by atoms with Crippen molar-refractivity contribution in [2.75, 3.05) is 0 Å². The Kier molecular flexibility index (Phi) is 3.14. The highest BCUT2D eigenvalue weighted by atomic mass is 16.6. The van der Waals surface area contributed by atoms with E-state index >= 15 is 0 Å². The lowest BCUT2D eigenvalue weighted by molar-refractivity contribution is -0.142. The first-order valence-corrected chi connectivity index (χ1v) is 6.56. The zero-order chi connectivity index (χ0) is 15.0. The van der Waals surface area contributed by atoms with E-state index in [0.29, 0.717) is 5.56 Å². The quantitative estimate of drug-likeness (QED) is 0.826. The summed E-state index contributed by atoms with van der Waals surface area (Å²) in [7, 11) is 0. The topological polar surface area (TPSA) is 66.8 Å². The van der Waals surface area contributed by atoms with Crippen molar-refractivity contribution in [3.63, 3.8) is 0 Å². The summed E-state index contributed by atoms with van der Waals surface area (Å²) in [5.74, 6) is -2.06. The molecule has 0 aromatic heterocycles. The number of hydrogen-bond donors (Lipinski definition) is 2. The van der Waals surface area contributed by atoms with Crippen LogP contribution in [-0.4, -0.2) is 16.2 Å². The van der Waals surface area contributed by atoms with Crippen LogP contribution in [0.5, 0.6) is 0 Å². The Morgan fingerprint density at radius 2 is 1.43 bits per heavy atom. The van der Waals surface area contributed by atoms with Crippen LogP contribution in [0.3, 0.4) is 0 Å². The fourth-order valence-electron chi connectivity index (χ4n) is 2.27. The van der Waals surface area contributed by atoms with Gasteiger partial charge in [0, 0.05) is 5.56 Å². The van der Waals surface area contributed by atoms with Crippen LogP contribution in [0.15, 0.2) is 60.0 Å². The van der Waals surface area contributed by atoms with Crippen LogP contribution in [-0.2, 0) is 9.53 Å². The third-order valence-electron chi connectivity index (χ3n) is 3.51. The molecule has 3 rings (SSSR count). The molecule has 0 saturated heterocycles. The number of aryl methyl sites for hydroxylation is 1. The van der Waals surface area contributed by atoms with Gasteiger partial charge in [-0.2, -0.15) is 0 Å². The zero-order valence-electron chi connectivity index (χ0n) is 11.4. The third-order valence-corrected chi connectivity index (χ3v) is 3.51. The maximum atomic E-state index is 11.2. The second-order valence-corrected chi connectivity index (χ2v) is 5.01. The molecule has 2 aromatic rings. The number of aliphatic hydroxyl groups is 2. The Labute approximate surface area is 121 Å². The summed E-state index contributed by atoms with van der Waals surface area (Å²) in [5.41, 5.74) is 3.91. The summed E-state index contributed by atoms with van der Waals surface area (Å²) >= 11 is 0. The molecule has 0 fully saturated rings. The number of carbonyl (C=O) groups excluding carboxylic acids is 1. The van der Waals surface area contributed by atoms with Gasteiger partial charge in [-0.3, -0.25) is 0 Å². The molecule has 21 heavy (non-hydrogen) atoms. The fourth-order valence-corrected chi connectivity index (χ4v) is 2.27. The van der Waals surface area contributed by atoms with Gasteiger partial charge in [-0.25, -0.2) is 4.79 Å². The highest BCUT2D eigenvalue weighted by Crippen LogP contribution is 2.33. The van der Waals surface area contributed by atoms with E-state index in [-0.39, 0.29) is 0 Å². The molecule has 1 unspecified atom stereocenters. The van der Waals surface area contributed by atoms with Crippen molar-refractivity contribution in [3.05, 3.63) is 71.2 Å². The number of aliphatic hydroxyl groups excluding tert-OH is 2. The minimum atomic E-state index is -0.926. The molecule has 1 aliphatic rings. The van der Waals surface area contributed by atoms with Crippen molar-refractivity contribution in [2.24, 2.45) is 0 Å². The second kappa shape index (κ2) is 4.98. The molecule has 0 aliphatic carbocycles. The van der Waals surface area contributed by atoms with E-state index < -0.39 is 23.6 Å². The van der Waals surface area contributed by atoms with Crippen LogP contribution < -0.4 is 0 Å². The minimum absolute atomic E-state index is 0.442. The maximum absolute atomic E-state index is 11.2. The molecule has 106 valence electrons. The number of rotatable bonds is 2. The van der Waals surface area contributed by atoms with Crippen molar-refractivity contribution < 1.29 is 19.7 Å². The number of cyclic esters (lactones) is 1. The molecular weight excluding hydrogens is 268 g/mol. The zero-order valence-corrected chi connectivity index (χ0v) is 11.4. The van der Waals surface area contributed by atoms with Crippen molar-refractivity contribution >= 4 is 5.97 Å². The molecular formula is C17H14O4. The smallest absolute Gasteiger partial charge is 0.378 e. The van der Waals surface area contributed by atoms with Crippen LogP contribution in [0.4, 0.5) is 0 Å². The molecule has 1 heterocycles. The van der Waals surface area contributed by atoms with Crippen molar-refractivity contribution in [1.29, 1.82) is 0 Å². The molecule has 4 heteroatoms. The Morgan fingerprint density at radius 3 is 1.90 bits per heavy atom. The van der Waals surface area contributed by atoms with Crippen molar-refractivity contribution in [1.82, 2.24) is 0 Å². The van der Waals surface area contributed by atoms with Crippen LogP contribution in [0.1, 0.15) is 17.2 Å². The van der Waals surface area contributed by atoms with Gasteiger partial charge in [-0.15, -0.1) is 0 Å². The van der Waals surface area contributed by atoms with Crippen LogP contribution >= 0.6 is 0 Å². The fraction of sp³-hybridized carbons (Fsp3) is 0.118. The van der Waals surface area contributed by atoms with E-state index in [2.05, 4.69) is 0 Å². The van der Waals surface area contributed by atoms with E-state index in [9.17, 15) is 15.0 Å². The Balaban J connectivity index is 1.88. The van der Waals surface area contributed by atoms with E-state index in [1.165, 1.54) is 5.56 Å². The van der Waals surface area contributed by atoms with Crippen LogP contribution in [0.25, 0.3) is 11.1 Å². The summed E-state index contributed by atoms with van der Waals surface area (Å²) in [6.07, 6.45) is -0.926. The monoisotopic (exact) mass is 282 g/mol. The van der Waals surface area contributed by atoms with E-state index in [4.69, 9.17) is 4.74 Å². The molecule has 2 N–H and O–H groups in total. The lowest BCUT2D eigenvalue weighted by atomic mass is 10.0. The van der Waals surface area contributed by atoms with Gasteiger partial charge >= 0.3 is 5.97 Å². The van der Waals surface area contributed by atoms with Gasteiger partial charge in [0.15, 0.2) is 11.9 Å². The summed E-state index contributed by atoms with van der Waals surface area (Å²) < 4.78 is 4.92. The summed E-state index contributed by atoms with van der Waals surface area (Å²) in [6.45, 7) is 2.03. The molecule has 1 aliphatic heterocycles. The summed E-state index contributed by atoms with van der Waals surface area (Å²) in [5, 5.41) is 19.0. The number of ether oxygens (including phenoxy) is 1. The Bertz CT molecular complexity index is 711. The highest BCUT2D eigenvalue weighted by Gasteiger charge is 2.35. The van der Waals surface area contributed by atoms with Crippen LogP contribution in [0, 0.1) is 6.92 Å². The molecule has 4 nitrogen and oxygen atoms in total. The second-order valence-electron chi connectivity index (χ2n) is 5.01. The lowest BCUT2D eigenvalue weighted by Crippen LogP contribution is -2.03. The van der Waals surface area contributed by atoms with E-state index in [1.807, 2.05) is 43.3 Å². The van der Waals surface area contributed by atoms with Gasteiger partial charge in [0.1, 0.15) is 0 Å². The van der Waals surface area contributed by atoms with E-state index in [0.717, 1.165) is 11.1 Å². The predicted molar refractivity (Wildman–Crippen MR) is 77.7 cm³/mol. The first-order chi connectivity index (χ1) is 10.1. The van der Waals surface area contributed by atoms with Crippen molar-refractivity contribution in [3.8, 4) is 11.1 Å². The van der Waals surface area contributed by atoms with Crippen LogP contribution in [0.2, 0.25) is 0 Å². The van der Waals surface area contributed by atoms with Gasteiger partial charge in [0.2, 0.25) is 5.76 Å². The first kappa shape index (κ1) is 13.2. The first-order valence-electron chi connectivity index (χ1n) is 6.56. The normalized spacial score (nSPS) is 18.0. The summed E-state index contributed by atoms with van der Waals surface area (Å²) in [4.78, 5) is 11.2. The Morgan fingerprint density at radius 1 is 0.905 bits per heavy atom. The minimum Gasteiger partial charge on any atom is -0.505 e. The molecule has 0 spiro atoms. The molecule has 0 saturated carbocycles. The largest absolute Gasteiger partial charge is 0.505 e. The number of benzene rings is 2. The number of carbonyl (C=O) groups is 1. The van der Waals surface area contributed by atoms with Gasteiger partial charge < -0.3 is 14.9 Å². The van der Waals surface area contributed by atoms with Gasteiger partial charge in [0.05, 0.1) is 0 Å². The maximum Gasteiger partial charge on any atom is 0.378 e. The predicted octanol–water partition coefficient (Wildman–Crippen LogP) is 3.59. The van der Waals surface area contributed by atoms with Crippen molar-refractivity contribution in [2.45, 2.75) is 13.0 Å². The van der Waals surface area contributed by atoms with E-state index in [1.54, 1.807) is 12.1 Å². The highest BCUT2D eigenvalue weighted by molar-refractivity contribution is 5.89. The molecule has 0 radical (unpaired) electrons. The molecule has 2 aromatic carbocycles. The summed E-state index contributed by atoms with van der Waals surface area (Å²) in [6, 6.07) is 15.4. The Hall–Kier alpha value is -2.75. The average Bonchev–Trinajstić information content (AvgIpc) is 2.76. The number of esters is 1.